The highest BCUT2D eigenvalue weighted by atomic mass is 35.5. The van der Waals surface area contributed by atoms with Gasteiger partial charge >= 0.3 is 0 Å². The average molecular weight is 272 g/mol. The van der Waals surface area contributed by atoms with Gasteiger partial charge in [0.05, 0.1) is 0 Å². The Bertz CT molecular complexity index is 420. The Hall–Kier alpha value is -1.09. The van der Waals surface area contributed by atoms with Crippen LogP contribution in [0.5, 0.6) is 0 Å². The molecule has 1 aromatic carbocycles. The number of aryl methyl sites for hydroxylation is 1. The standard InChI is InChI=1S/C14H19ClFNO/c1-10(2)17(8-4-7-15)14(18)13-9-12(16)6-5-11(13)3/h5-6,9-10H,4,7-8H2,1-3H3. The van der Waals surface area contributed by atoms with Crippen LogP contribution in [-0.4, -0.2) is 29.3 Å². The monoisotopic (exact) mass is 271 g/mol. The summed E-state index contributed by atoms with van der Waals surface area (Å²) in [5.41, 5.74) is 1.22. The molecule has 0 radical (unpaired) electrons. The van der Waals surface area contributed by atoms with Gasteiger partial charge in [-0.25, -0.2) is 4.39 Å². The summed E-state index contributed by atoms with van der Waals surface area (Å²) in [5.74, 6) is -0.00403. The predicted octanol–water partition coefficient (Wildman–Crippen LogP) is 3.61. The van der Waals surface area contributed by atoms with Gasteiger partial charge in [-0.15, -0.1) is 11.6 Å². The Kier molecular flexibility index (Phi) is 5.60. The molecule has 100 valence electrons. The summed E-state index contributed by atoms with van der Waals surface area (Å²) in [5, 5.41) is 0. The van der Waals surface area contributed by atoms with Crippen LogP contribution in [0.3, 0.4) is 0 Å². The molecule has 0 unspecified atom stereocenters. The van der Waals surface area contributed by atoms with Gasteiger partial charge in [-0.1, -0.05) is 6.07 Å². The Morgan fingerprint density at radius 2 is 2.11 bits per heavy atom. The number of amides is 1. The molecule has 18 heavy (non-hydrogen) atoms. The van der Waals surface area contributed by atoms with Crippen LogP contribution in [0.2, 0.25) is 0 Å². The van der Waals surface area contributed by atoms with Crippen LogP contribution in [0.1, 0.15) is 36.2 Å². The molecule has 0 aromatic heterocycles. The van der Waals surface area contributed by atoms with E-state index in [2.05, 4.69) is 0 Å². The first-order valence-corrected chi connectivity index (χ1v) is 6.64. The van der Waals surface area contributed by atoms with Crippen LogP contribution in [0, 0.1) is 12.7 Å². The van der Waals surface area contributed by atoms with E-state index in [1.807, 2.05) is 20.8 Å². The third kappa shape index (κ3) is 3.70. The molecule has 0 aliphatic carbocycles. The van der Waals surface area contributed by atoms with E-state index in [9.17, 15) is 9.18 Å². The number of rotatable bonds is 5. The summed E-state index contributed by atoms with van der Waals surface area (Å²) < 4.78 is 13.2. The van der Waals surface area contributed by atoms with E-state index in [0.717, 1.165) is 12.0 Å². The molecule has 1 aromatic rings. The minimum absolute atomic E-state index is 0.0726. The van der Waals surface area contributed by atoms with Gasteiger partial charge in [-0.05, 0) is 44.9 Å². The number of hydrogen-bond donors (Lipinski definition) is 0. The van der Waals surface area contributed by atoms with Gasteiger partial charge in [0.1, 0.15) is 5.82 Å². The van der Waals surface area contributed by atoms with Gasteiger partial charge < -0.3 is 4.90 Å². The number of carbonyl (C=O) groups excluding carboxylic acids is 1. The molecule has 1 amide bonds. The molecule has 0 aliphatic rings. The third-order valence-corrected chi connectivity index (χ3v) is 3.11. The van der Waals surface area contributed by atoms with Gasteiger partial charge in [-0.3, -0.25) is 4.79 Å². The molecule has 0 heterocycles. The average Bonchev–Trinajstić information content (AvgIpc) is 2.32. The molecule has 0 aliphatic heterocycles. The first-order chi connectivity index (χ1) is 8.47. The van der Waals surface area contributed by atoms with Crippen molar-refractivity contribution in [2.24, 2.45) is 0 Å². The number of halogens is 2. The Labute approximate surface area is 113 Å². The van der Waals surface area contributed by atoms with E-state index in [0.29, 0.717) is 18.0 Å². The summed E-state index contributed by atoms with van der Waals surface area (Å²) in [6, 6.07) is 4.37. The van der Waals surface area contributed by atoms with E-state index in [1.165, 1.54) is 12.1 Å². The molecule has 2 nitrogen and oxygen atoms in total. The summed E-state index contributed by atoms with van der Waals surface area (Å²) in [6.45, 7) is 6.30. The van der Waals surface area contributed by atoms with Crippen LogP contribution in [0.4, 0.5) is 4.39 Å². The molecule has 0 spiro atoms. The number of benzene rings is 1. The Morgan fingerprint density at radius 3 is 2.67 bits per heavy atom. The number of alkyl halides is 1. The fourth-order valence-electron chi connectivity index (χ4n) is 1.80. The minimum atomic E-state index is -0.384. The summed E-state index contributed by atoms with van der Waals surface area (Å²) in [7, 11) is 0. The highest BCUT2D eigenvalue weighted by molar-refractivity contribution is 6.17. The molecule has 0 saturated carbocycles. The molecular formula is C14H19ClFNO. The lowest BCUT2D eigenvalue weighted by atomic mass is 10.1. The lowest BCUT2D eigenvalue weighted by Gasteiger charge is -2.27. The highest BCUT2D eigenvalue weighted by Crippen LogP contribution is 2.15. The summed E-state index contributed by atoms with van der Waals surface area (Å²) in [4.78, 5) is 14.1. The Balaban J connectivity index is 2.98. The summed E-state index contributed by atoms with van der Waals surface area (Å²) in [6.07, 6.45) is 0.736. The van der Waals surface area contributed by atoms with Crippen molar-refractivity contribution in [2.45, 2.75) is 33.2 Å². The summed E-state index contributed by atoms with van der Waals surface area (Å²) >= 11 is 5.66. The van der Waals surface area contributed by atoms with Gasteiger partial charge in [-0.2, -0.15) is 0 Å². The number of nitrogens with zero attached hydrogens (tertiary/aromatic N) is 1. The van der Waals surface area contributed by atoms with Crippen molar-refractivity contribution in [1.29, 1.82) is 0 Å². The highest BCUT2D eigenvalue weighted by Gasteiger charge is 2.20. The van der Waals surface area contributed by atoms with E-state index in [1.54, 1.807) is 11.0 Å². The van der Waals surface area contributed by atoms with Crippen molar-refractivity contribution >= 4 is 17.5 Å². The maximum absolute atomic E-state index is 13.2. The van der Waals surface area contributed by atoms with Gasteiger partial charge in [0.15, 0.2) is 0 Å². The SMILES string of the molecule is Cc1ccc(F)cc1C(=O)N(CCCCl)C(C)C. The van der Waals surface area contributed by atoms with E-state index >= 15 is 0 Å². The van der Waals surface area contributed by atoms with Crippen LogP contribution in [-0.2, 0) is 0 Å². The normalized spacial score (nSPS) is 10.8. The first-order valence-electron chi connectivity index (χ1n) is 6.10. The zero-order valence-electron chi connectivity index (χ0n) is 11.0. The lowest BCUT2D eigenvalue weighted by molar-refractivity contribution is 0.0705. The second kappa shape index (κ2) is 6.74. The van der Waals surface area contributed by atoms with Gasteiger partial charge in [0, 0.05) is 24.0 Å². The zero-order chi connectivity index (χ0) is 13.7. The maximum atomic E-state index is 13.2. The second-order valence-electron chi connectivity index (χ2n) is 4.59. The molecular weight excluding hydrogens is 253 g/mol. The maximum Gasteiger partial charge on any atom is 0.254 e. The molecule has 0 bridgehead atoms. The topological polar surface area (TPSA) is 20.3 Å². The van der Waals surface area contributed by atoms with Crippen LogP contribution < -0.4 is 0 Å². The van der Waals surface area contributed by atoms with Crippen molar-refractivity contribution < 1.29 is 9.18 Å². The first kappa shape index (κ1) is 15.0. The predicted molar refractivity (Wildman–Crippen MR) is 72.6 cm³/mol. The van der Waals surface area contributed by atoms with Gasteiger partial charge in [0.2, 0.25) is 0 Å². The number of carbonyl (C=O) groups is 1. The van der Waals surface area contributed by atoms with Crippen molar-refractivity contribution in [3.8, 4) is 0 Å². The van der Waals surface area contributed by atoms with Crippen LogP contribution in [0.15, 0.2) is 18.2 Å². The molecule has 0 saturated heterocycles. The Morgan fingerprint density at radius 1 is 1.44 bits per heavy atom. The van der Waals surface area contributed by atoms with E-state index < -0.39 is 0 Å². The van der Waals surface area contributed by atoms with E-state index in [4.69, 9.17) is 11.6 Å². The van der Waals surface area contributed by atoms with Crippen molar-refractivity contribution in [2.75, 3.05) is 12.4 Å². The zero-order valence-corrected chi connectivity index (χ0v) is 11.8. The smallest absolute Gasteiger partial charge is 0.254 e. The minimum Gasteiger partial charge on any atom is -0.336 e. The van der Waals surface area contributed by atoms with Crippen LogP contribution >= 0.6 is 11.6 Å². The van der Waals surface area contributed by atoms with Crippen molar-refractivity contribution in [1.82, 2.24) is 4.90 Å². The fourth-order valence-corrected chi connectivity index (χ4v) is 1.92. The molecule has 4 heteroatoms. The molecule has 1 rings (SSSR count). The fraction of sp³-hybridized carbons (Fsp3) is 0.500. The van der Waals surface area contributed by atoms with E-state index in [-0.39, 0.29) is 17.8 Å². The molecule has 0 fully saturated rings. The van der Waals surface area contributed by atoms with Crippen molar-refractivity contribution in [3.63, 3.8) is 0 Å². The number of hydrogen-bond acceptors (Lipinski definition) is 1. The lowest BCUT2D eigenvalue weighted by Crippen LogP contribution is -2.38. The van der Waals surface area contributed by atoms with Crippen molar-refractivity contribution in [3.05, 3.63) is 35.1 Å². The molecule has 0 atom stereocenters. The van der Waals surface area contributed by atoms with Crippen LogP contribution in [0.25, 0.3) is 0 Å². The second-order valence-corrected chi connectivity index (χ2v) is 4.97. The largest absolute Gasteiger partial charge is 0.336 e. The van der Waals surface area contributed by atoms with Gasteiger partial charge in [0.25, 0.3) is 5.91 Å². The molecule has 0 N–H and O–H groups in total. The quantitative estimate of drug-likeness (QED) is 0.749. The third-order valence-electron chi connectivity index (χ3n) is 2.85.